The predicted octanol–water partition coefficient (Wildman–Crippen LogP) is 2.59. The Bertz CT molecular complexity index is 342. The van der Waals surface area contributed by atoms with Gasteiger partial charge in [-0.1, -0.05) is 15.9 Å². The highest BCUT2D eigenvalue weighted by Gasteiger charge is 2.34. The van der Waals surface area contributed by atoms with Crippen LogP contribution in [0.3, 0.4) is 0 Å². The Kier molecular flexibility index (Phi) is 3.11. The SMILES string of the molecule is CC(N)(c1cc(O)ccc1Br)C(F)F. The van der Waals surface area contributed by atoms with Gasteiger partial charge in [-0.3, -0.25) is 0 Å². The molecule has 0 heterocycles. The van der Waals surface area contributed by atoms with Crippen molar-refractivity contribution < 1.29 is 13.9 Å². The first-order chi connectivity index (χ1) is 6.35. The van der Waals surface area contributed by atoms with Crippen LogP contribution in [0.2, 0.25) is 0 Å². The fraction of sp³-hybridized carbons (Fsp3) is 0.333. The minimum absolute atomic E-state index is 0.0828. The summed E-state index contributed by atoms with van der Waals surface area (Å²) in [6.07, 6.45) is -2.69. The van der Waals surface area contributed by atoms with Crippen LogP contribution in [0, 0.1) is 0 Å². The second kappa shape index (κ2) is 3.82. The molecule has 0 radical (unpaired) electrons. The molecular formula is C9H10BrF2NO. The largest absolute Gasteiger partial charge is 0.508 e. The summed E-state index contributed by atoms with van der Waals surface area (Å²) in [5.74, 6) is -0.0828. The van der Waals surface area contributed by atoms with Gasteiger partial charge in [0.05, 0.1) is 0 Å². The third-order valence-corrected chi connectivity index (χ3v) is 2.68. The highest BCUT2D eigenvalue weighted by molar-refractivity contribution is 9.10. The number of phenols is 1. The van der Waals surface area contributed by atoms with Gasteiger partial charge in [0.1, 0.15) is 11.3 Å². The van der Waals surface area contributed by atoms with Crippen molar-refractivity contribution in [3.8, 4) is 5.75 Å². The van der Waals surface area contributed by atoms with Crippen molar-refractivity contribution in [3.05, 3.63) is 28.2 Å². The number of hydrogen-bond acceptors (Lipinski definition) is 2. The van der Waals surface area contributed by atoms with Gasteiger partial charge in [-0.05, 0) is 30.7 Å². The summed E-state index contributed by atoms with van der Waals surface area (Å²) in [5, 5.41) is 9.16. The van der Waals surface area contributed by atoms with Crippen molar-refractivity contribution in [1.82, 2.24) is 0 Å². The van der Waals surface area contributed by atoms with Gasteiger partial charge in [-0.15, -0.1) is 0 Å². The number of aromatic hydroxyl groups is 1. The van der Waals surface area contributed by atoms with E-state index in [1.807, 2.05) is 0 Å². The van der Waals surface area contributed by atoms with Crippen LogP contribution in [0.5, 0.6) is 5.75 Å². The van der Waals surface area contributed by atoms with Crippen LogP contribution in [0.25, 0.3) is 0 Å². The maximum Gasteiger partial charge on any atom is 0.260 e. The van der Waals surface area contributed by atoms with Gasteiger partial charge in [0.15, 0.2) is 0 Å². The minimum Gasteiger partial charge on any atom is -0.508 e. The van der Waals surface area contributed by atoms with E-state index in [0.29, 0.717) is 4.47 Å². The standard InChI is InChI=1S/C9H10BrF2NO/c1-9(13,8(11)12)6-4-5(14)2-3-7(6)10/h2-4,8,14H,13H2,1H3. The number of nitrogens with two attached hydrogens (primary N) is 1. The molecule has 0 bridgehead atoms. The summed E-state index contributed by atoms with van der Waals surface area (Å²) in [6, 6.07) is 4.11. The summed E-state index contributed by atoms with van der Waals surface area (Å²) in [6.45, 7) is 1.22. The van der Waals surface area contributed by atoms with Crippen LogP contribution >= 0.6 is 15.9 Å². The predicted molar refractivity (Wildman–Crippen MR) is 53.4 cm³/mol. The number of halogens is 3. The minimum atomic E-state index is -2.69. The van der Waals surface area contributed by atoms with E-state index < -0.39 is 12.0 Å². The summed E-state index contributed by atoms with van der Waals surface area (Å²) >= 11 is 3.11. The van der Waals surface area contributed by atoms with Gasteiger partial charge in [0, 0.05) is 4.47 Å². The highest BCUT2D eigenvalue weighted by Crippen LogP contribution is 2.33. The van der Waals surface area contributed by atoms with Gasteiger partial charge in [-0.25, -0.2) is 8.78 Å². The maximum atomic E-state index is 12.6. The first kappa shape index (κ1) is 11.4. The Labute approximate surface area is 88.9 Å². The second-order valence-electron chi connectivity index (χ2n) is 3.25. The van der Waals surface area contributed by atoms with Gasteiger partial charge in [0.25, 0.3) is 6.43 Å². The van der Waals surface area contributed by atoms with E-state index in [0.717, 1.165) is 0 Å². The van der Waals surface area contributed by atoms with Crippen LogP contribution in [0.15, 0.2) is 22.7 Å². The molecule has 1 unspecified atom stereocenters. The van der Waals surface area contributed by atoms with Crippen molar-refractivity contribution in [2.24, 2.45) is 5.73 Å². The zero-order valence-corrected chi connectivity index (χ0v) is 9.05. The molecule has 0 aliphatic heterocycles. The number of rotatable bonds is 2. The van der Waals surface area contributed by atoms with E-state index in [2.05, 4.69) is 15.9 Å². The molecular weight excluding hydrogens is 256 g/mol. The molecule has 3 N–H and O–H groups in total. The third kappa shape index (κ3) is 2.04. The fourth-order valence-corrected chi connectivity index (χ4v) is 1.72. The summed E-state index contributed by atoms with van der Waals surface area (Å²) in [5.41, 5.74) is 3.88. The van der Waals surface area contributed by atoms with Crippen LogP contribution in [0.4, 0.5) is 8.78 Å². The Morgan fingerprint density at radius 3 is 2.57 bits per heavy atom. The smallest absolute Gasteiger partial charge is 0.260 e. The van der Waals surface area contributed by atoms with Crippen LogP contribution in [-0.4, -0.2) is 11.5 Å². The van der Waals surface area contributed by atoms with E-state index in [-0.39, 0.29) is 11.3 Å². The normalized spacial score (nSPS) is 15.6. The Morgan fingerprint density at radius 2 is 2.07 bits per heavy atom. The zero-order valence-electron chi connectivity index (χ0n) is 7.47. The van der Waals surface area contributed by atoms with E-state index in [9.17, 15) is 8.78 Å². The molecule has 2 nitrogen and oxygen atoms in total. The Balaban J connectivity index is 3.24. The van der Waals surface area contributed by atoms with Crippen molar-refractivity contribution in [2.45, 2.75) is 18.9 Å². The third-order valence-electron chi connectivity index (χ3n) is 1.98. The molecule has 0 spiro atoms. The summed E-state index contributed by atoms with van der Waals surface area (Å²) < 4.78 is 25.6. The summed E-state index contributed by atoms with van der Waals surface area (Å²) in [4.78, 5) is 0. The highest BCUT2D eigenvalue weighted by atomic mass is 79.9. The molecule has 5 heteroatoms. The average Bonchev–Trinajstić information content (AvgIpc) is 2.08. The number of phenolic OH excluding ortho intramolecular Hbond substituents is 1. The quantitative estimate of drug-likeness (QED) is 0.864. The van der Waals surface area contributed by atoms with E-state index in [1.54, 1.807) is 0 Å². The lowest BCUT2D eigenvalue weighted by atomic mass is 9.93. The first-order valence-electron chi connectivity index (χ1n) is 3.91. The zero-order chi connectivity index (χ0) is 10.9. The van der Waals surface area contributed by atoms with Crippen molar-refractivity contribution in [1.29, 1.82) is 0 Å². The number of hydrogen-bond donors (Lipinski definition) is 2. The molecule has 0 aromatic heterocycles. The number of alkyl halides is 2. The van der Waals surface area contributed by atoms with E-state index in [1.165, 1.54) is 25.1 Å². The fourth-order valence-electron chi connectivity index (χ4n) is 1.04. The van der Waals surface area contributed by atoms with Crippen LogP contribution in [0.1, 0.15) is 12.5 Å². The maximum absolute atomic E-state index is 12.6. The molecule has 1 aromatic rings. The van der Waals surface area contributed by atoms with Gasteiger partial charge in [-0.2, -0.15) is 0 Å². The molecule has 0 saturated heterocycles. The average molecular weight is 266 g/mol. The molecule has 1 atom stereocenters. The molecule has 1 rings (SSSR count). The lowest BCUT2D eigenvalue weighted by Crippen LogP contribution is -2.40. The molecule has 0 amide bonds. The van der Waals surface area contributed by atoms with Crippen molar-refractivity contribution in [3.63, 3.8) is 0 Å². The molecule has 78 valence electrons. The monoisotopic (exact) mass is 265 g/mol. The first-order valence-corrected chi connectivity index (χ1v) is 4.71. The van der Waals surface area contributed by atoms with Crippen molar-refractivity contribution >= 4 is 15.9 Å². The molecule has 0 aliphatic rings. The molecule has 0 aliphatic carbocycles. The number of benzene rings is 1. The van der Waals surface area contributed by atoms with Gasteiger partial charge < -0.3 is 10.8 Å². The second-order valence-corrected chi connectivity index (χ2v) is 4.10. The van der Waals surface area contributed by atoms with Crippen LogP contribution in [-0.2, 0) is 5.54 Å². The molecule has 14 heavy (non-hydrogen) atoms. The Hall–Kier alpha value is -0.680. The molecule has 0 fully saturated rings. The van der Waals surface area contributed by atoms with Crippen LogP contribution < -0.4 is 5.73 Å². The van der Waals surface area contributed by atoms with E-state index in [4.69, 9.17) is 10.8 Å². The molecule has 0 saturated carbocycles. The topological polar surface area (TPSA) is 46.2 Å². The van der Waals surface area contributed by atoms with Gasteiger partial charge >= 0.3 is 0 Å². The lowest BCUT2D eigenvalue weighted by Gasteiger charge is -2.25. The Morgan fingerprint density at radius 1 is 1.50 bits per heavy atom. The lowest BCUT2D eigenvalue weighted by molar-refractivity contribution is 0.0620. The molecule has 1 aromatic carbocycles. The van der Waals surface area contributed by atoms with E-state index >= 15 is 0 Å². The summed E-state index contributed by atoms with van der Waals surface area (Å²) in [7, 11) is 0. The van der Waals surface area contributed by atoms with Crippen molar-refractivity contribution in [2.75, 3.05) is 0 Å². The van der Waals surface area contributed by atoms with Gasteiger partial charge in [0.2, 0.25) is 0 Å².